The van der Waals surface area contributed by atoms with E-state index in [2.05, 4.69) is 22.8 Å². The average molecular weight is 502 g/mol. The minimum absolute atomic E-state index is 0.0542. The number of hydrogen-bond acceptors (Lipinski definition) is 4. The van der Waals surface area contributed by atoms with Gasteiger partial charge in [-0.25, -0.2) is 0 Å². The molecule has 2 aliphatic rings. The first-order valence-corrected chi connectivity index (χ1v) is 13.2. The number of carbonyl (C=O) groups is 3. The Morgan fingerprint density at radius 3 is 2.41 bits per heavy atom. The lowest BCUT2D eigenvalue weighted by molar-refractivity contribution is -0.158. The first-order valence-electron chi connectivity index (χ1n) is 13.2. The van der Waals surface area contributed by atoms with Crippen LogP contribution < -0.4 is 10.6 Å². The molecule has 0 bridgehead atoms. The maximum Gasteiger partial charge on any atom is 0.247 e. The van der Waals surface area contributed by atoms with E-state index in [9.17, 15) is 14.4 Å². The van der Waals surface area contributed by atoms with Gasteiger partial charge >= 0.3 is 0 Å². The third-order valence-electron chi connectivity index (χ3n) is 7.46. The van der Waals surface area contributed by atoms with Crippen LogP contribution in [0, 0.1) is 11.8 Å². The number of nitrogens with zero attached hydrogens (tertiary/aromatic N) is 1. The number of rotatable bonds is 7. The van der Waals surface area contributed by atoms with E-state index in [-0.39, 0.29) is 35.6 Å². The van der Waals surface area contributed by atoms with Crippen LogP contribution in [0.5, 0.6) is 0 Å². The van der Waals surface area contributed by atoms with Crippen molar-refractivity contribution in [3.63, 3.8) is 0 Å². The summed E-state index contributed by atoms with van der Waals surface area (Å²) in [6.45, 7) is 7.83. The van der Waals surface area contributed by atoms with Crippen molar-refractivity contribution >= 4 is 28.7 Å². The standard InChI is InChI=1S/C30H35N3O4/c1-17(2)13-24-28(34)32-26(23-14-19-7-5-6-8-20(19)15-23)30(36)33(24)27(29(35)31-18(3)4)22-9-10-25-21(16-22)11-12-37-25/h5-12,16-18,23-24,26-27H,13-15H2,1-4H3,(H,31,35)(H,32,34)/t24-,26-,27?/m1/s1. The molecule has 37 heavy (non-hydrogen) atoms. The second-order valence-electron chi connectivity index (χ2n) is 11.1. The van der Waals surface area contributed by atoms with E-state index in [1.165, 1.54) is 11.1 Å². The molecule has 194 valence electrons. The highest BCUT2D eigenvalue weighted by Gasteiger charge is 2.49. The number of hydrogen-bond donors (Lipinski definition) is 2. The molecule has 2 aromatic carbocycles. The van der Waals surface area contributed by atoms with Gasteiger partial charge in [-0.1, -0.05) is 44.2 Å². The Balaban J connectivity index is 1.57. The maximum absolute atomic E-state index is 14.3. The molecule has 1 aliphatic carbocycles. The smallest absolute Gasteiger partial charge is 0.247 e. The van der Waals surface area contributed by atoms with Gasteiger partial charge in [0.15, 0.2) is 0 Å². The summed E-state index contributed by atoms with van der Waals surface area (Å²) in [4.78, 5) is 43.3. The van der Waals surface area contributed by atoms with Crippen LogP contribution in [-0.2, 0) is 27.2 Å². The number of nitrogens with one attached hydrogen (secondary N) is 2. The molecule has 0 saturated carbocycles. The number of amides is 3. The van der Waals surface area contributed by atoms with Gasteiger partial charge in [-0.05, 0) is 79.8 Å². The fourth-order valence-electron chi connectivity index (χ4n) is 5.83. The lowest BCUT2D eigenvalue weighted by Crippen LogP contribution is -2.67. The second kappa shape index (κ2) is 10.0. The van der Waals surface area contributed by atoms with Crippen molar-refractivity contribution in [1.82, 2.24) is 15.5 Å². The first kappa shape index (κ1) is 25.1. The van der Waals surface area contributed by atoms with Gasteiger partial charge < -0.3 is 20.0 Å². The normalized spacial score (nSPS) is 21.0. The maximum atomic E-state index is 14.3. The molecule has 3 aromatic rings. The molecule has 1 aromatic heterocycles. The number of benzene rings is 2. The van der Waals surface area contributed by atoms with Gasteiger partial charge in [0, 0.05) is 11.4 Å². The summed E-state index contributed by atoms with van der Waals surface area (Å²) in [5, 5.41) is 6.91. The molecule has 7 nitrogen and oxygen atoms in total. The van der Waals surface area contributed by atoms with Crippen LogP contribution >= 0.6 is 0 Å². The van der Waals surface area contributed by atoms with E-state index in [4.69, 9.17) is 4.42 Å². The van der Waals surface area contributed by atoms with Gasteiger partial charge in [-0.15, -0.1) is 0 Å². The highest BCUT2D eigenvalue weighted by Crippen LogP contribution is 2.36. The van der Waals surface area contributed by atoms with E-state index in [1.54, 1.807) is 11.2 Å². The molecular weight excluding hydrogens is 466 g/mol. The Morgan fingerprint density at radius 2 is 1.76 bits per heavy atom. The van der Waals surface area contributed by atoms with Crippen molar-refractivity contribution in [1.29, 1.82) is 0 Å². The van der Waals surface area contributed by atoms with Crippen LogP contribution in [0.25, 0.3) is 11.0 Å². The molecule has 1 unspecified atom stereocenters. The number of furan rings is 1. The van der Waals surface area contributed by atoms with Crippen molar-refractivity contribution in [2.24, 2.45) is 11.8 Å². The van der Waals surface area contributed by atoms with Gasteiger partial charge in [0.2, 0.25) is 17.7 Å². The van der Waals surface area contributed by atoms with E-state index >= 15 is 0 Å². The number of carbonyl (C=O) groups excluding carboxylic acids is 3. The lowest BCUT2D eigenvalue weighted by Gasteiger charge is -2.45. The molecule has 2 heterocycles. The quantitative estimate of drug-likeness (QED) is 0.509. The summed E-state index contributed by atoms with van der Waals surface area (Å²) in [7, 11) is 0. The highest BCUT2D eigenvalue weighted by atomic mass is 16.3. The molecule has 3 atom stereocenters. The van der Waals surface area contributed by atoms with Gasteiger partial charge in [-0.3, -0.25) is 14.4 Å². The van der Waals surface area contributed by atoms with Crippen molar-refractivity contribution in [2.45, 2.75) is 71.1 Å². The molecule has 1 saturated heterocycles. The molecule has 2 N–H and O–H groups in total. The lowest BCUT2D eigenvalue weighted by atomic mass is 9.87. The van der Waals surface area contributed by atoms with E-state index < -0.39 is 18.1 Å². The fourth-order valence-corrected chi connectivity index (χ4v) is 5.83. The zero-order chi connectivity index (χ0) is 26.3. The minimum Gasteiger partial charge on any atom is -0.464 e. The molecule has 0 radical (unpaired) electrons. The van der Waals surface area contributed by atoms with E-state index in [0.29, 0.717) is 17.6 Å². The SMILES string of the molecule is CC(C)C[C@@H]1C(=O)N[C@H](C2Cc3ccccc3C2)C(=O)N1C(C(=O)NC(C)C)c1ccc2occc2c1. The van der Waals surface area contributed by atoms with Crippen molar-refractivity contribution in [2.75, 3.05) is 0 Å². The Hall–Kier alpha value is -3.61. The van der Waals surface area contributed by atoms with Crippen LogP contribution in [-0.4, -0.2) is 40.7 Å². The number of piperazine rings is 1. The van der Waals surface area contributed by atoms with E-state index in [1.807, 2.05) is 64.1 Å². The Bertz CT molecular complexity index is 1300. The minimum atomic E-state index is -0.935. The molecule has 5 rings (SSSR count). The largest absolute Gasteiger partial charge is 0.464 e. The Kier molecular flexibility index (Phi) is 6.80. The second-order valence-corrected chi connectivity index (χ2v) is 11.1. The van der Waals surface area contributed by atoms with Gasteiger partial charge in [0.25, 0.3) is 0 Å². The molecular formula is C30H35N3O4. The van der Waals surface area contributed by atoms with Crippen LogP contribution in [0.15, 0.2) is 59.2 Å². The zero-order valence-electron chi connectivity index (χ0n) is 21.9. The topological polar surface area (TPSA) is 91.7 Å². The third-order valence-corrected chi connectivity index (χ3v) is 7.46. The Labute approximate surface area is 217 Å². The molecule has 0 spiro atoms. The predicted molar refractivity (Wildman–Crippen MR) is 142 cm³/mol. The van der Waals surface area contributed by atoms with Gasteiger partial charge in [-0.2, -0.15) is 0 Å². The van der Waals surface area contributed by atoms with Crippen LogP contribution in [0.3, 0.4) is 0 Å². The predicted octanol–water partition coefficient (Wildman–Crippen LogP) is 4.16. The highest BCUT2D eigenvalue weighted by molar-refractivity contribution is 6.00. The first-order chi connectivity index (χ1) is 17.7. The van der Waals surface area contributed by atoms with E-state index in [0.717, 1.165) is 18.2 Å². The van der Waals surface area contributed by atoms with Gasteiger partial charge in [0.1, 0.15) is 23.7 Å². The molecule has 1 fully saturated rings. The van der Waals surface area contributed by atoms with Gasteiger partial charge in [0.05, 0.1) is 6.26 Å². The summed E-state index contributed by atoms with van der Waals surface area (Å²) < 4.78 is 5.51. The summed E-state index contributed by atoms with van der Waals surface area (Å²) >= 11 is 0. The summed E-state index contributed by atoms with van der Waals surface area (Å²) in [5.41, 5.74) is 3.79. The summed E-state index contributed by atoms with van der Waals surface area (Å²) in [6.07, 6.45) is 3.51. The molecule has 1 aliphatic heterocycles. The van der Waals surface area contributed by atoms with Crippen LogP contribution in [0.1, 0.15) is 56.8 Å². The third kappa shape index (κ3) is 4.87. The van der Waals surface area contributed by atoms with Crippen molar-refractivity contribution < 1.29 is 18.8 Å². The van der Waals surface area contributed by atoms with Crippen LogP contribution in [0.2, 0.25) is 0 Å². The van der Waals surface area contributed by atoms with Crippen molar-refractivity contribution in [3.05, 3.63) is 71.5 Å². The molecule has 7 heteroatoms. The monoisotopic (exact) mass is 501 g/mol. The fraction of sp³-hybridized carbons (Fsp3) is 0.433. The zero-order valence-corrected chi connectivity index (χ0v) is 21.9. The van der Waals surface area contributed by atoms with Crippen molar-refractivity contribution in [3.8, 4) is 0 Å². The summed E-state index contributed by atoms with van der Waals surface area (Å²) in [5.74, 6) is -0.576. The molecule has 3 amide bonds. The number of fused-ring (bicyclic) bond motifs is 2. The average Bonchev–Trinajstić information content (AvgIpc) is 3.49. The van der Waals surface area contributed by atoms with Crippen LogP contribution in [0.4, 0.5) is 0 Å². The summed E-state index contributed by atoms with van der Waals surface area (Å²) in [6, 6.07) is 13.1. The Morgan fingerprint density at radius 1 is 1.05 bits per heavy atom.